The van der Waals surface area contributed by atoms with Crippen LogP contribution in [0.25, 0.3) is 0 Å². The molecule has 4 nitrogen and oxygen atoms in total. The van der Waals surface area contributed by atoms with Crippen molar-refractivity contribution < 1.29 is 14.7 Å². The Morgan fingerprint density at radius 1 is 1.60 bits per heavy atom. The Morgan fingerprint density at radius 3 is 2.67 bits per heavy atom. The molecule has 0 aromatic rings. The molecule has 0 aromatic heterocycles. The summed E-state index contributed by atoms with van der Waals surface area (Å²) in [6.45, 7) is 3.33. The van der Waals surface area contributed by atoms with Crippen molar-refractivity contribution in [2.75, 3.05) is 13.1 Å². The zero-order valence-electron chi connectivity index (χ0n) is 9.03. The summed E-state index contributed by atoms with van der Waals surface area (Å²) in [4.78, 5) is 24.1. The number of rotatable bonds is 3. The van der Waals surface area contributed by atoms with Gasteiger partial charge in [0, 0.05) is 19.5 Å². The van der Waals surface area contributed by atoms with Gasteiger partial charge in [0.2, 0.25) is 5.91 Å². The van der Waals surface area contributed by atoms with Gasteiger partial charge < -0.3 is 10.0 Å². The largest absolute Gasteiger partial charge is 0.481 e. The maximum Gasteiger partial charge on any atom is 0.308 e. The molecule has 1 saturated carbocycles. The summed E-state index contributed by atoms with van der Waals surface area (Å²) in [6, 6.07) is 0. The Kier molecular flexibility index (Phi) is 2.44. The minimum absolute atomic E-state index is 0.00975. The number of amides is 1. The third-order valence-electron chi connectivity index (χ3n) is 3.70. The topological polar surface area (TPSA) is 57.6 Å². The molecule has 2 rings (SSSR count). The number of carboxylic acid groups (broad SMARTS) is 1. The van der Waals surface area contributed by atoms with E-state index in [0.717, 1.165) is 19.4 Å². The molecule has 1 aliphatic carbocycles. The second kappa shape index (κ2) is 3.51. The Bertz CT molecular complexity index is 296. The molecule has 2 fully saturated rings. The average molecular weight is 211 g/mol. The van der Waals surface area contributed by atoms with Gasteiger partial charge in [0.25, 0.3) is 0 Å². The van der Waals surface area contributed by atoms with Gasteiger partial charge in [-0.1, -0.05) is 13.3 Å². The number of carboxylic acids is 1. The van der Waals surface area contributed by atoms with Crippen LogP contribution in [0.4, 0.5) is 0 Å². The molecule has 1 N–H and O–H groups in total. The van der Waals surface area contributed by atoms with E-state index in [1.54, 1.807) is 4.90 Å². The van der Waals surface area contributed by atoms with Crippen LogP contribution in [0, 0.1) is 11.3 Å². The Morgan fingerprint density at radius 2 is 2.27 bits per heavy atom. The summed E-state index contributed by atoms with van der Waals surface area (Å²) in [5.41, 5.74) is 0.253. The van der Waals surface area contributed by atoms with Crippen molar-refractivity contribution in [2.24, 2.45) is 11.3 Å². The number of aliphatic carboxylic acids is 1. The van der Waals surface area contributed by atoms with Crippen LogP contribution in [0.1, 0.15) is 32.6 Å². The standard InChI is InChI=1S/C11H17NO3/c1-11(3-2-4-11)7-12-6-8(10(14)15)5-9(12)13/h8H,2-7H2,1H3,(H,14,15). The highest BCUT2D eigenvalue weighted by Crippen LogP contribution is 2.41. The van der Waals surface area contributed by atoms with E-state index in [9.17, 15) is 9.59 Å². The maximum atomic E-state index is 11.6. The van der Waals surface area contributed by atoms with Gasteiger partial charge in [0.05, 0.1) is 5.92 Å². The molecular formula is C11H17NO3. The van der Waals surface area contributed by atoms with Crippen molar-refractivity contribution in [2.45, 2.75) is 32.6 Å². The number of likely N-dealkylation sites (tertiary alicyclic amines) is 1. The molecule has 1 unspecified atom stereocenters. The summed E-state index contributed by atoms with van der Waals surface area (Å²) in [5, 5.41) is 8.84. The summed E-state index contributed by atoms with van der Waals surface area (Å²) in [6.07, 6.45) is 3.75. The monoisotopic (exact) mass is 211 g/mol. The summed E-state index contributed by atoms with van der Waals surface area (Å²) in [5.74, 6) is -1.32. The lowest BCUT2D eigenvalue weighted by atomic mass is 9.70. The molecule has 0 aromatic carbocycles. The fourth-order valence-corrected chi connectivity index (χ4v) is 2.49. The predicted molar refractivity (Wildman–Crippen MR) is 54.3 cm³/mol. The van der Waals surface area contributed by atoms with Crippen molar-refractivity contribution in [3.63, 3.8) is 0 Å². The number of carbonyl (C=O) groups excluding carboxylic acids is 1. The minimum Gasteiger partial charge on any atom is -0.481 e. The Labute approximate surface area is 89.3 Å². The number of carbonyl (C=O) groups is 2. The number of hydrogen-bond acceptors (Lipinski definition) is 2. The van der Waals surface area contributed by atoms with Crippen molar-refractivity contribution in [3.8, 4) is 0 Å². The maximum absolute atomic E-state index is 11.6. The van der Waals surface area contributed by atoms with E-state index in [2.05, 4.69) is 6.92 Å². The molecule has 0 bridgehead atoms. The zero-order chi connectivity index (χ0) is 11.1. The molecule has 1 atom stereocenters. The van der Waals surface area contributed by atoms with Gasteiger partial charge in [0.15, 0.2) is 0 Å². The molecule has 1 amide bonds. The van der Waals surface area contributed by atoms with Crippen molar-refractivity contribution in [1.82, 2.24) is 4.90 Å². The normalized spacial score (nSPS) is 29.0. The fraction of sp³-hybridized carbons (Fsp3) is 0.818. The van der Waals surface area contributed by atoms with E-state index >= 15 is 0 Å². The second-order valence-electron chi connectivity index (χ2n) is 5.18. The molecule has 1 saturated heterocycles. The fourth-order valence-electron chi connectivity index (χ4n) is 2.49. The van der Waals surface area contributed by atoms with Crippen LogP contribution in [-0.4, -0.2) is 35.0 Å². The van der Waals surface area contributed by atoms with Crippen LogP contribution in [0.2, 0.25) is 0 Å². The molecule has 4 heteroatoms. The van der Waals surface area contributed by atoms with E-state index in [1.807, 2.05) is 0 Å². The van der Waals surface area contributed by atoms with E-state index in [1.165, 1.54) is 6.42 Å². The number of hydrogen-bond donors (Lipinski definition) is 1. The third kappa shape index (κ3) is 1.98. The first kappa shape index (κ1) is 10.5. The SMILES string of the molecule is CC1(CN2CC(C(=O)O)CC2=O)CCC1. The quantitative estimate of drug-likeness (QED) is 0.760. The first-order chi connectivity index (χ1) is 7.00. The summed E-state index contributed by atoms with van der Waals surface area (Å²) in [7, 11) is 0. The van der Waals surface area contributed by atoms with E-state index in [4.69, 9.17) is 5.11 Å². The first-order valence-electron chi connectivity index (χ1n) is 5.51. The van der Waals surface area contributed by atoms with Crippen LogP contribution in [-0.2, 0) is 9.59 Å². The molecule has 15 heavy (non-hydrogen) atoms. The highest BCUT2D eigenvalue weighted by Gasteiger charge is 2.40. The van der Waals surface area contributed by atoms with E-state index < -0.39 is 11.9 Å². The van der Waals surface area contributed by atoms with Crippen LogP contribution in [0.5, 0.6) is 0 Å². The molecular weight excluding hydrogens is 194 g/mol. The third-order valence-corrected chi connectivity index (χ3v) is 3.70. The molecule has 2 aliphatic rings. The van der Waals surface area contributed by atoms with Gasteiger partial charge in [-0.25, -0.2) is 0 Å². The van der Waals surface area contributed by atoms with Crippen LogP contribution < -0.4 is 0 Å². The minimum atomic E-state index is -0.843. The van der Waals surface area contributed by atoms with Gasteiger partial charge in [-0.05, 0) is 18.3 Å². The number of nitrogens with zero attached hydrogens (tertiary/aromatic N) is 1. The summed E-state index contributed by atoms with van der Waals surface area (Å²) < 4.78 is 0. The molecule has 84 valence electrons. The highest BCUT2D eigenvalue weighted by atomic mass is 16.4. The van der Waals surface area contributed by atoms with Crippen molar-refractivity contribution in [3.05, 3.63) is 0 Å². The molecule has 0 radical (unpaired) electrons. The van der Waals surface area contributed by atoms with Crippen molar-refractivity contribution >= 4 is 11.9 Å². The van der Waals surface area contributed by atoms with Gasteiger partial charge in [0.1, 0.15) is 0 Å². The van der Waals surface area contributed by atoms with Gasteiger partial charge >= 0.3 is 5.97 Å². The highest BCUT2D eigenvalue weighted by molar-refractivity contribution is 5.86. The van der Waals surface area contributed by atoms with E-state index in [0.29, 0.717) is 6.54 Å². The molecule has 1 aliphatic heterocycles. The molecule has 0 spiro atoms. The van der Waals surface area contributed by atoms with E-state index in [-0.39, 0.29) is 17.7 Å². The molecule has 1 heterocycles. The summed E-state index contributed by atoms with van der Waals surface area (Å²) >= 11 is 0. The van der Waals surface area contributed by atoms with Gasteiger partial charge in [-0.2, -0.15) is 0 Å². The van der Waals surface area contributed by atoms with Crippen molar-refractivity contribution in [1.29, 1.82) is 0 Å². The lowest BCUT2D eigenvalue weighted by molar-refractivity contribution is -0.141. The van der Waals surface area contributed by atoms with Gasteiger partial charge in [-0.3, -0.25) is 9.59 Å². The lowest BCUT2D eigenvalue weighted by Gasteiger charge is -2.41. The smallest absolute Gasteiger partial charge is 0.308 e. The Balaban J connectivity index is 1.93. The zero-order valence-corrected chi connectivity index (χ0v) is 9.03. The predicted octanol–water partition coefficient (Wildman–Crippen LogP) is 1.11. The van der Waals surface area contributed by atoms with Crippen LogP contribution in [0.3, 0.4) is 0 Å². The van der Waals surface area contributed by atoms with Gasteiger partial charge in [-0.15, -0.1) is 0 Å². The first-order valence-corrected chi connectivity index (χ1v) is 5.51. The average Bonchev–Trinajstić information content (AvgIpc) is 2.45. The Hall–Kier alpha value is -1.06. The van der Waals surface area contributed by atoms with Crippen LogP contribution in [0.15, 0.2) is 0 Å². The second-order valence-corrected chi connectivity index (χ2v) is 5.18. The van der Waals surface area contributed by atoms with Crippen LogP contribution >= 0.6 is 0 Å². The lowest BCUT2D eigenvalue weighted by Crippen LogP contribution is -2.41.